The Balaban J connectivity index is 2.15. The highest BCUT2D eigenvalue weighted by Gasteiger charge is 2.27. The van der Waals surface area contributed by atoms with E-state index in [9.17, 15) is 4.79 Å². The van der Waals surface area contributed by atoms with Crippen molar-refractivity contribution in [3.05, 3.63) is 34.4 Å². The molecule has 0 heterocycles. The summed E-state index contributed by atoms with van der Waals surface area (Å²) in [4.78, 5) is 14.4. The van der Waals surface area contributed by atoms with E-state index in [4.69, 9.17) is 0 Å². The van der Waals surface area contributed by atoms with Crippen molar-refractivity contribution in [3.8, 4) is 0 Å². The molecular weight excluding hydrogens is 210 g/mol. The van der Waals surface area contributed by atoms with E-state index >= 15 is 0 Å². The maximum Gasteiger partial charge on any atom is 0.177 e. The molecule has 1 aromatic carbocycles. The second-order valence-corrected chi connectivity index (χ2v) is 5.32. The average Bonchev–Trinajstić information content (AvgIpc) is 3.06. The van der Waals surface area contributed by atoms with Gasteiger partial charge in [-0.05, 0) is 63.4 Å². The molecule has 0 N–H and O–H groups in total. The van der Waals surface area contributed by atoms with Crippen molar-refractivity contribution in [2.24, 2.45) is 0 Å². The van der Waals surface area contributed by atoms with Crippen molar-refractivity contribution in [2.45, 2.75) is 39.7 Å². The topological polar surface area (TPSA) is 20.3 Å². The molecule has 0 spiro atoms. The monoisotopic (exact) mass is 231 g/mol. The molecule has 0 radical (unpaired) electrons. The SMILES string of the molecule is Cc1cc(C)c(C(=O)CN(C)C2CC2)cc1C. The van der Waals surface area contributed by atoms with Crippen LogP contribution in [0.1, 0.15) is 39.9 Å². The van der Waals surface area contributed by atoms with Gasteiger partial charge in [-0.3, -0.25) is 9.69 Å². The zero-order chi connectivity index (χ0) is 12.6. The molecule has 1 saturated carbocycles. The molecule has 0 saturated heterocycles. The van der Waals surface area contributed by atoms with E-state index in [-0.39, 0.29) is 5.78 Å². The molecule has 1 aliphatic rings. The summed E-state index contributed by atoms with van der Waals surface area (Å²) < 4.78 is 0. The largest absolute Gasteiger partial charge is 0.296 e. The molecule has 1 fully saturated rings. The molecule has 0 unspecified atom stereocenters. The van der Waals surface area contributed by atoms with Crippen LogP contribution in [0.3, 0.4) is 0 Å². The van der Waals surface area contributed by atoms with Crippen LogP contribution in [0.25, 0.3) is 0 Å². The molecular formula is C15H21NO. The van der Waals surface area contributed by atoms with E-state index in [2.05, 4.69) is 24.8 Å². The summed E-state index contributed by atoms with van der Waals surface area (Å²) in [7, 11) is 2.05. The van der Waals surface area contributed by atoms with Crippen LogP contribution >= 0.6 is 0 Å². The summed E-state index contributed by atoms with van der Waals surface area (Å²) in [5, 5.41) is 0. The molecule has 1 aromatic rings. The first kappa shape index (κ1) is 12.3. The quantitative estimate of drug-likeness (QED) is 0.743. The lowest BCUT2D eigenvalue weighted by atomic mass is 9.98. The van der Waals surface area contributed by atoms with Crippen LogP contribution in [-0.4, -0.2) is 30.3 Å². The smallest absolute Gasteiger partial charge is 0.177 e. The van der Waals surface area contributed by atoms with Gasteiger partial charge in [0.1, 0.15) is 0 Å². The van der Waals surface area contributed by atoms with E-state index in [0.29, 0.717) is 12.6 Å². The lowest BCUT2D eigenvalue weighted by Crippen LogP contribution is -2.28. The third-order valence-corrected chi connectivity index (χ3v) is 3.70. The van der Waals surface area contributed by atoms with Gasteiger partial charge in [0.2, 0.25) is 0 Å². The van der Waals surface area contributed by atoms with Crippen molar-refractivity contribution in [2.75, 3.05) is 13.6 Å². The molecule has 92 valence electrons. The summed E-state index contributed by atoms with van der Waals surface area (Å²) in [5.41, 5.74) is 4.45. The first-order valence-corrected chi connectivity index (χ1v) is 6.30. The van der Waals surface area contributed by atoms with Gasteiger partial charge in [-0.15, -0.1) is 0 Å². The number of ketones is 1. The maximum absolute atomic E-state index is 12.2. The Morgan fingerprint density at radius 3 is 2.35 bits per heavy atom. The molecule has 17 heavy (non-hydrogen) atoms. The average molecular weight is 231 g/mol. The maximum atomic E-state index is 12.2. The minimum absolute atomic E-state index is 0.250. The molecule has 2 heteroatoms. The van der Waals surface area contributed by atoms with Gasteiger partial charge < -0.3 is 0 Å². The molecule has 0 aromatic heterocycles. The van der Waals surface area contributed by atoms with Gasteiger partial charge in [-0.1, -0.05) is 6.07 Å². The van der Waals surface area contributed by atoms with Crippen LogP contribution in [0.15, 0.2) is 12.1 Å². The number of rotatable bonds is 4. The number of likely N-dealkylation sites (N-methyl/N-ethyl adjacent to an activating group) is 1. The van der Waals surface area contributed by atoms with Crippen LogP contribution in [0, 0.1) is 20.8 Å². The van der Waals surface area contributed by atoms with Gasteiger partial charge >= 0.3 is 0 Å². The highest BCUT2D eigenvalue weighted by atomic mass is 16.1. The second kappa shape index (κ2) is 4.61. The Kier molecular flexibility index (Phi) is 3.34. The van der Waals surface area contributed by atoms with E-state index < -0.39 is 0 Å². The zero-order valence-corrected chi connectivity index (χ0v) is 11.2. The fourth-order valence-electron chi connectivity index (χ4n) is 2.22. The Bertz CT molecular complexity index is 446. The number of Topliss-reactive ketones (excluding diaryl/α,β-unsaturated/α-hetero) is 1. The van der Waals surface area contributed by atoms with Gasteiger partial charge in [-0.2, -0.15) is 0 Å². The Hall–Kier alpha value is -1.15. The normalized spacial score (nSPS) is 15.4. The molecule has 0 amide bonds. The predicted octanol–water partition coefficient (Wildman–Crippen LogP) is 2.89. The van der Waals surface area contributed by atoms with Crippen LogP contribution in [0.5, 0.6) is 0 Å². The van der Waals surface area contributed by atoms with Crippen molar-refractivity contribution in [1.29, 1.82) is 0 Å². The van der Waals surface area contributed by atoms with Crippen molar-refractivity contribution in [1.82, 2.24) is 4.90 Å². The molecule has 2 nitrogen and oxygen atoms in total. The molecule has 2 rings (SSSR count). The van der Waals surface area contributed by atoms with E-state index in [0.717, 1.165) is 11.1 Å². The third-order valence-electron chi connectivity index (χ3n) is 3.70. The molecule has 0 bridgehead atoms. The van der Waals surface area contributed by atoms with Gasteiger partial charge in [0, 0.05) is 11.6 Å². The number of hydrogen-bond donors (Lipinski definition) is 0. The number of aryl methyl sites for hydroxylation is 3. The van der Waals surface area contributed by atoms with Gasteiger partial charge in [0.25, 0.3) is 0 Å². The van der Waals surface area contributed by atoms with Crippen LogP contribution in [0.4, 0.5) is 0 Å². The molecule has 1 aliphatic carbocycles. The van der Waals surface area contributed by atoms with Crippen LogP contribution in [-0.2, 0) is 0 Å². The Morgan fingerprint density at radius 1 is 1.18 bits per heavy atom. The predicted molar refractivity (Wildman–Crippen MR) is 70.6 cm³/mol. The lowest BCUT2D eigenvalue weighted by Gasteiger charge is -2.16. The van der Waals surface area contributed by atoms with E-state index in [1.165, 1.54) is 24.0 Å². The summed E-state index contributed by atoms with van der Waals surface area (Å²) in [5.74, 6) is 0.250. The first-order chi connectivity index (χ1) is 7.99. The van der Waals surface area contributed by atoms with Crippen molar-refractivity contribution < 1.29 is 4.79 Å². The summed E-state index contributed by atoms with van der Waals surface area (Å²) in [6.07, 6.45) is 2.49. The highest BCUT2D eigenvalue weighted by Crippen LogP contribution is 2.25. The Morgan fingerprint density at radius 2 is 1.76 bits per heavy atom. The van der Waals surface area contributed by atoms with Crippen LogP contribution < -0.4 is 0 Å². The van der Waals surface area contributed by atoms with Crippen molar-refractivity contribution in [3.63, 3.8) is 0 Å². The summed E-state index contributed by atoms with van der Waals surface area (Å²) in [6.45, 7) is 6.73. The molecule has 0 aliphatic heterocycles. The number of nitrogens with zero attached hydrogens (tertiary/aromatic N) is 1. The standard InChI is InChI=1S/C15H21NO/c1-10-7-12(3)14(8-11(10)2)15(17)9-16(4)13-5-6-13/h7-8,13H,5-6,9H2,1-4H3. The number of hydrogen-bond acceptors (Lipinski definition) is 2. The van der Waals surface area contributed by atoms with Gasteiger partial charge in [0.15, 0.2) is 5.78 Å². The number of carbonyl (C=O) groups is 1. The van der Waals surface area contributed by atoms with E-state index in [1.807, 2.05) is 20.0 Å². The lowest BCUT2D eigenvalue weighted by molar-refractivity contribution is 0.0941. The van der Waals surface area contributed by atoms with Gasteiger partial charge in [0.05, 0.1) is 6.54 Å². The minimum atomic E-state index is 0.250. The third kappa shape index (κ3) is 2.75. The van der Waals surface area contributed by atoms with Crippen molar-refractivity contribution >= 4 is 5.78 Å². The van der Waals surface area contributed by atoms with Gasteiger partial charge in [-0.25, -0.2) is 0 Å². The first-order valence-electron chi connectivity index (χ1n) is 6.30. The number of carbonyl (C=O) groups excluding carboxylic acids is 1. The Labute approximate surface area is 104 Å². The summed E-state index contributed by atoms with van der Waals surface area (Å²) >= 11 is 0. The molecule has 0 atom stereocenters. The minimum Gasteiger partial charge on any atom is -0.296 e. The highest BCUT2D eigenvalue weighted by molar-refractivity contribution is 5.99. The fourth-order valence-corrected chi connectivity index (χ4v) is 2.22. The summed E-state index contributed by atoms with van der Waals surface area (Å²) in [6, 6.07) is 4.79. The van der Waals surface area contributed by atoms with Crippen LogP contribution in [0.2, 0.25) is 0 Å². The second-order valence-electron chi connectivity index (χ2n) is 5.32. The fraction of sp³-hybridized carbons (Fsp3) is 0.533. The van der Waals surface area contributed by atoms with E-state index in [1.54, 1.807) is 0 Å². The zero-order valence-electron chi connectivity index (χ0n) is 11.2. The number of benzene rings is 1.